The Kier molecular flexibility index (Phi) is 7.37. The average molecular weight is 487 g/mol. The first-order valence-electron chi connectivity index (χ1n) is 10.7. The Hall–Kier alpha value is -4.24. The summed E-state index contributed by atoms with van der Waals surface area (Å²) in [5, 5.41) is 4.89. The second-order valence-corrected chi connectivity index (χ2v) is 8.48. The number of ether oxygens (including phenoxy) is 1. The third kappa shape index (κ3) is 5.47. The maximum Gasteiger partial charge on any atom is 0.337 e. The van der Waals surface area contributed by atoms with Gasteiger partial charge < -0.3 is 4.74 Å². The predicted molar refractivity (Wildman–Crippen MR) is 136 cm³/mol. The molecule has 8 nitrogen and oxygen atoms in total. The number of amides is 1. The van der Waals surface area contributed by atoms with Gasteiger partial charge in [0.05, 0.1) is 41.2 Å². The lowest BCUT2D eigenvalue weighted by Crippen LogP contribution is -2.24. The molecule has 4 aromatic rings. The first-order chi connectivity index (χ1) is 17.0. The van der Waals surface area contributed by atoms with Crippen LogP contribution in [-0.2, 0) is 9.53 Å². The van der Waals surface area contributed by atoms with Crippen LogP contribution in [0.25, 0.3) is 16.6 Å². The largest absolute Gasteiger partial charge is 0.465 e. The molecule has 1 amide bonds. The zero-order valence-corrected chi connectivity index (χ0v) is 19.9. The minimum atomic E-state index is -0.426. The number of nitrogens with one attached hydrogen (secondary N) is 1. The minimum Gasteiger partial charge on any atom is -0.465 e. The van der Waals surface area contributed by atoms with E-state index in [4.69, 9.17) is 0 Å². The summed E-state index contributed by atoms with van der Waals surface area (Å²) < 4.78 is 6.21. The van der Waals surface area contributed by atoms with Crippen molar-refractivity contribution in [2.24, 2.45) is 5.10 Å². The lowest BCUT2D eigenvalue weighted by Gasteiger charge is -2.14. The van der Waals surface area contributed by atoms with Crippen LogP contribution in [0.2, 0.25) is 0 Å². The van der Waals surface area contributed by atoms with Crippen LogP contribution in [0.3, 0.4) is 0 Å². The van der Waals surface area contributed by atoms with Crippen molar-refractivity contribution in [2.75, 3.05) is 12.9 Å². The third-order valence-electron chi connectivity index (χ3n) is 5.17. The standard InChI is InChI=1S/C26H22N4O4S/c1-17-7-3-6-10-22(17)30-24(32)20-8-4-5-9-21(20)28-26(30)35-16-23(31)29-27-15-18-11-13-19(14-12-18)25(33)34-2/h3-15H,16H2,1-2H3,(H,29,31)/b27-15+. The van der Waals surface area contributed by atoms with Crippen molar-refractivity contribution in [3.8, 4) is 5.69 Å². The van der Waals surface area contributed by atoms with Crippen molar-refractivity contribution < 1.29 is 14.3 Å². The number of thioether (sulfide) groups is 1. The highest BCUT2D eigenvalue weighted by Gasteiger charge is 2.15. The zero-order chi connectivity index (χ0) is 24.8. The van der Waals surface area contributed by atoms with Crippen LogP contribution in [0.5, 0.6) is 0 Å². The number of rotatable bonds is 7. The summed E-state index contributed by atoms with van der Waals surface area (Å²) in [5.74, 6) is -0.767. The predicted octanol–water partition coefficient (Wildman–Crippen LogP) is 3.72. The van der Waals surface area contributed by atoms with Crippen LogP contribution in [0.4, 0.5) is 0 Å². The summed E-state index contributed by atoms with van der Waals surface area (Å²) >= 11 is 1.16. The molecule has 35 heavy (non-hydrogen) atoms. The normalized spacial score (nSPS) is 11.0. The highest BCUT2D eigenvalue weighted by Crippen LogP contribution is 2.23. The topological polar surface area (TPSA) is 103 Å². The number of methoxy groups -OCH3 is 1. The molecule has 1 aromatic heterocycles. The molecule has 0 spiro atoms. The van der Waals surface area contributed by atoms with E-state index in [0.717, 1.165) is 17.3 Å². The molecule has 0 atom stereocenters. The van der Waals surface area contributed by atoms with E-state index in [-0.39, 0.29) is 17.2 Å². The van der Waals surface area contributed by atoms with Gasteiger partial charge in [0, 0.05) is 0 Å². The minimum absolute atomic E-state index is 0.00921. The smallest absolute Gasteiger partial charge is 0.337 e. The molecule has 4 rings (SSSR count). The Labute approximate surface area is 205 Å². The van der Waals surface area contributed by atoms with Crippen LogP contribution in [0.1, 0.15) is 21.5 Å². The number of benzene rings is 3. The van der Waals surface area contributed by atoms with E-state index in [9.17, 15) is 14.4 Å². The molecular formula is C26H22N4O4S. The quantitative estimate of drug-likeness (QED) is 0.140. The molecule has 1 N–H and O–H groups in total. The maximum absolute atomic E-state index is 13.3. The summed E-state index contributed by atoms with van der Waals surface area (Å²) in [6.07, 6.45) is 1.47. The lowest BCUT2D eigenvalue weighted by molar-refractivity contribution is -0.118. The summed E-state index contributed by atoms with van der Waals surface area (Å²) in [6.45, 7) is 1.92. The van der Waals surface area contributed by atoms with E-state index in [0.29, 0.717) is 32.9 Å². The number of aromatic nitrogens is 2. The van der Waals surface area contributed by atoms with Crippen molar-refractivity contribution in [1.82, 2.24) is 15.0 Å². The Morgan fingerprint density at radius 2 is 1.77 bits per heavy atom. The summed E-state index contributed by atoms with van der Waals surface area (Å²) in [6, 6.07) is 21.3. The van der Waals surface area contributed by atoms with Gasteiger partial charge in [0.25, 0.3) is 11.5 Å². The van der Waals surface area contributed by atoms with Gasteiger partial charge in [-0.1, -0.05) is 54.2 Å². The molecule has 0 unspecified atom stereocenters. The Morgan fingerprint density at radius 1 is 1.06 bits per heavy atom. The van der Waals surface area contributed by atoms with Gasteiger partial charge in [-0.2, -0.15) is 5.10 Å². The van der Waals surface area contributed by atoms with Gasteiger partial charge in [-0.05, 0) is 48.4 Å². The maximum atomic E-state index is 13.3. The summed E-state index contributed by atoms with van der Waals surface area (Å²) in [4.78, 5) is 41.9. The summed E-state index contributed by atoms with van der Waals surface area (Å²) in [5.41, 5.74) is 5.61. The van der Waals surface area contributed by atoms with Gasteiger partial charge in [-0.3, -0.25) is 14.2 Å². The number of nitrogens with zero attached hydrogens (tertiary/aromatic N) is 3. The number of hydrazone groups is 1. The SMILES string of the molecule is COC(=O)c1ccc(/C=N/NC(=O)CSc2nc3ccccc3c(=O)n2-c2ccccc2C)cc1. The molecular weight excluding hydrogens is 464 g/mol. The lowest BCUT2D eigenvalue weighted by atomic mass is 10.1. The second-order valence-electron chi connectivity index (χ2n) is 7.53. The van der Waals surface area contributed by atoms with Gasteiger partial charge >= 0.3 is 5.97 Å². The molecule has 0 bridgehead atoms. The van der Waals surface area contributed by atoms with Crippen LogP contribution >= 0.6 is 11.8 Å². The Morgan fingerprint density at radius 3 is 2.51 bits per heavy atom. The van der Waals surface area contributed by atoms with E-state index in [1.807, 2.05) is 37.3 Å². The zero-order valence-electron chi connectivity index (χ0n) is 19.1. The van der Waals surface area contributed by atoms with E-state index in [1.54, 1.807) is 47.0 Å². The van der Waals surface area contributed by atoms with Gasteiger partial charge in [0.1, 0.15) is 0 Å². The molecule has 0 radical (unpaired) electrons. The number of aryl methyl sites for hydroxylation is 1. The second kappa shape index (κ2) is 10.8. The van der Waals surface area contributed by atoms with E-state index >= 15 is 0 Å². The van der Waals surface area contributed by atoms with Gasteiger partial charge in [0.2, 0.25) is 0 Å². The monoisotopic (exact) mass is 486 g/mol. The fourth-order valence-corrected chi connectivity index (χ4v) is 4.20. The molecule has 1 heterocycles. The molecule has 3 aromatic carbocycles. The number of hydrogen-bond donors (Lipinski definition) is 1. The van der Waals surface area contributed by atoms with E-state index in [2.05, 4.69) is 20.2 Å². The van der Waals surface area contributed by atoms with Crippen molar-refractivity contribution in [2.45, 2.75) is 12.1 Å². The van der Waals surface area contributed by atoms with E-state index < -0.39 is 5.97 Å². The van der Waals surface area contributed by atoms with Crippen molar-refractivity contribution in [3.05, 3.63) is 99.8 Å². The first kappa shape index (κ1) is 23.9. The van der Waals surface area contributed by atoms with Crippen molar-refractivity contribution in [3.63, 3.8) is 0 Å². The molecule has 0 fully saturated rings. The number of fused-ring (bicyclic) bond motifs is 1. The van der Waals surface area contributed by atoms with Crippen LogP contribution in [-0.4, -0.2) is 40.5 Å². The summed E-state index contributed by atoms with van der Waals surface area (Å²) in [7, 11) is 1.32. The number of para-hydroxylation sites is 2. The fraction of sp³-hybridized carbons (Fsp3) is 0.115. The van der Waals surface area contributed by atoms with Crippen molar-refractivity contribution >= 4 is 40.8 Å². The number of carbonyl (C=O) groups excluding carboxylic acids is 2. The highest BCUT2D eigenvalue weighted by atomic mass is 32.2. The van der Waals surface area contributed by atoms with Gasteiger partial charge in [-0.15, -0.1) is 0 Å². The Balaban J connectivity index is 1.51. The Bertz CT molecular complexity index is 1480. The molecule has 0 aliphatic heterocycles. The van der Waals surface area contributed by atoms with Crippen LogP contribution in [0, 0.1) is 6.92 Å². The third-order valence-corrected chi connectivity index (χ3v) is 6.11. The number of esters is 1. The van der Waals surface area contributed by atoms with Gasteiger partial charge in [0.15, 0.2) is 5.16 Å². The number of hydrogen-bond acceptors (Lipinski definition) is 7. The average Bonchev–Trinajstić information content (AvgIpc) is 2.88. The molecule has 9 heteroatoms. The van der Waals surface area contributed by atoms with Crippen molar-refractivity contribution in [1.29, 1.82) is 0 Å². The first-order valence-corrected chi connectivity index (χ1v) is 11.7. The van der Waals surface area contributed by atoms with E-state index in [1.165, 1.54) is 13.3 Å². The fourth-order valence-electron chi connectivity index (χ4n) is 3.40. The molecule has 176 valence electrons. The molecule has 0 aliphatic rings. The molecule has 0 aliphatic carbocycles. The van der Waals surface area contributed by atoms with Crippen LogP contribution in [0.15, 0.2) is 87.8 Å². The van der Waals surface area contributed by atoms with Crippen LogP contribution < -0.4 is 11.0 Å². The molecule has 0 saturated carbocycles. The van der Waals surface area contributed by atoms with Gasteiger partial charge in [-0.25, -0.2) is 15.2 Å². The highest BCUT2D eigenvalue weighted by molar-refractivity contribution is 7.99. The number of carbonyl (C=O) groups is 2. The molecule has 0 saturated heterocycles.